The maximum Gasteiger partial charge on any atom is 0.267 e. The molecule has 0 heterocycles. The van der Waals surface area contributed by atoms with Gasteiger partial charge in [-0.3, -0.25) is 14.8 Å². The number of hydroxylamine groups is 1. The molecule has 0 aromatic heterocycles. The van der Waals surface area contributed by atoms with Crippen molar-refractivity contribution in [1.82, 2.24) is 10.8 Å². The molecule has 0 aliphatic heterocycles. The van der Waals surface area contributed by atoms with Crippen LogP contribution in [0.2, 0.25) is 0 Å². The summed E-state index contributed by atoms with van der Waals surface area (Å²) in [5.41, 5.74) is 9.59. The predicted molar refractivity (Wildman–Crippen MR) is 103 cm³/mol. The van der Waals surface area contributed by atoms with Crippen molar-refractivity contribution in [1.29, 1.82) is 0 Å². The molecule has 2 aromatic carbocycles. The van der Waals surface area contributed by atoms with Crippen molar-refractivity contribution in [3.8, 4) is 0 Å². The first-order valence-corrected chi connectivity index (χ1v) is 7.85. The third kappa shape index (κ3) is 5.84. The number of benzene rings is 2. The van der Waals surface area contributed by atoms with E-state index in [1.165, 1.54) is 5.48 Å². The third-order valence-electron chi connectivity index (χ3n) is 3.65. The molecule has 0 spiro atoms. The highest BCUT2D eigenvalue weighted by atomic mass is 16.5. The maximum absolute atomic E-state index is 12.2. The van der Waals surface area contributed by atoms with E-state index >= 15 is 0 Å². The predicted octanol–water partition coefficient (Wildman–Crippen LogP) is 2.44. The van der Waals surface area contributed by atoms with Gasteiger partial charge in [0.2, 0.25) is 0 Å². The Morgan fingerprint density at radius 3 is 2.04 bits per heavy atom. The first-order chi connectivity index (χ1) is 12.0. The van der Waals surface area contributed by atoms with E-state index in [9.17, 15) is 9.59 Å². The van der Waals surface area contributed by atoms with Crippen LogP contribution >= 0.6 is 0 Å². The summed E-state index contributed by atoms with van der Waals surface area (Å²) in [4.78, 5) is 23.8. The Morgan fingerprint density at radius 2 is 1.54 bits per heavy atom. The van der Waals surface area contributed by atoms with Crippen LogP contribution in [-0.2, 0) is 4.79 Å². The van der Waals surface area contributed by atoms with Crippen molar-refractivity contribution < 1.29 is 14.8 Å². The Hall–Kier alpha value is -2.96. The topological polar surface area (TPSA) is 104 Å². The van der Waals surface area contributed by atoms with Gasteiger partial charge >= 0.3 is 0 Å². The molecule has 2 amide bonds. The number of nitrogens with two attached hydrogens (primary N) is 1. The van der Waals surface area contributed by atoms with Gasteiger partial charge in [0.15, 0.2) is 0 Å². The quantitative estimate of drug-likeness (QED) is 0.363. The lowest BCUT2D eigenvalue weighted by Crippen LogP contribution is -2.54. The van der Waals surface area contributed by atoms with Crippen LogP contribution in [0.25, 0.3) is 12.2 Å². The molecule has 0 unspecified atom stereocenters. The van der Waals surface area contributed by atoms with Gasteiger partial charge in [-0.1, -0.05) is 62.0 Å². The molecular formula is C20H25N3O3. The van der Waals surface area contributed by atoms with E-state index in [-0.39, 0.29) is 7.43 Å². The van der Waals surface area contributed by atoms with E-state index in [0.29, 0.717) is 5.56 Å². The molecule has 0 radical (unpaired) electrons. The third-order valence-corrected chi connectivity index (χ3v) is 3.65. The van der Waals surface area contributed by atoms with Gasteiger partial charge in [0, 0.05) is 11.6 Å². The number of hydrogen-bond donors (Lipinski definition) is 4. The molecule has 2 atom stereocenters. The number of carbonyl (C=O) groups is 2. The van der Waals surface area contributed by atoms with Gasteiger partial charge in [-0.05, 0) is 30.2 Å². The van der Waals surface area contributed by atoms with E-state index in [1.54, 1.807) is 31.2 Å². The van der Waals surface area contributed by atoms with Crippen LogP contribution in [0.3, 0.4) is 0 Å². The summed E-state index contributed by atoms with van der Waals surface area (Å²) in [7, 11) is 0. The first kappa shape index (κ1) is 21.1. The van der Waals surface area contributed by atoms with Crippen LogP contribution in [0, 0.1) is 0 Å². The first-order valence-electron chi connectivity index (χ1n) is 7.85. The SMILES string of the molecule is C.C[C@@H](N)[C@H](NC(=O)c1ccc(C=Cc2ccccc2)cc1)C(=O)NO. The number of rotatable bonds is 6. The van der Waals surface area contributed by atoms with Crippen molar-refractivity contribution in [3.05, 3.63) is 71.3 Å². The fraction of sp³-hybridized carbons (Fsp3) is 0.200. The Bertz CT molecular complexity index is 741. The average molecular weight is 355 g/mol. The molecule has 0 aliphatic carbocycles. The Balaban J connectivity index is 0.00000338. The normalized spacial score (nSPS) is 12.7. The molecule has 5 N–H and O–H groups in total. The monoisotopic (exact) mass is 355 g/mol. The van der Waals surface area contributed by atoms with Crippen molar-refractivity contribution in [3.63, 3.8) is 0 Å². The molecule has 0 saturated heterocycles. The minimum Gasteiger partial charge on any atom is -0.339 e. The smallest absolute Gasteiger partial charge is 0.267 e. The van der Waals surface area contributed by atoms with Crippen LogP contribution in [0.4, 0.5) is 0 Å². The summed E-state index contributed by atoms with van der Waals surface area (Å²) in [5.74, 6) is -1.20. The molecule has 6 nitrogen and oxygen atoms in total. The fourth-order valence-corrected chi connectivity index (χ4v) is 2.23. The van der Waals surface area contributed by atoms with Gasteiger partial charge in [0.1, 0.15) is 6.04 Å². The fourth-order valence-electron chi connectivity index (χ4n) is 2.23. The molecule has 0 bridgehead atoms. The van der Waals surface area contributed by atoms with Crippen LogP contribution in [0.5, 0.6) is 0 Å². The Labute approximate surface area is 153 Å². The van der Waals surface area contributed by atoms with E-state index in [4.69, 9.17) is 10.9 Å². The molecule has 2 aromatic rings. The molecule has 0 saturated carbocycles. The number of carbonyl (C=O) groups excluding carboxylic acids is 2. The zero-order chi connectivity index (χ0) is 18.2. The Kier molecular flexibility index (Phi) is 8.21. The van der Waals surface area contributed by atoms with E-state index in [2.05, 4.69) is 5.32 Å². The number of amides is 2. The highest BCUT2D eigenvalue weighted by Crippen LogP contribution is 2.10. The molecule has 0 fully saturated rings. The highest BCUT2D eigenvalue weighted by molar-refractivity contribution is 5.97. The largest absolute Gasteiger partial charge is 0.339 e. The second kappa shape index (κ2) is 10.1. The average Bonchev–Trinajstić information content (AvgIpc) is 2.64. The lowest BCUT2D eigenvalue weighted by molar-refractivity contribution is -0.131. The molecular weight excluding hydrogens is 330 g/mol. The van der Waals surface area contributed by atoms with Crippen molar-refractivity contribution in [2.75, 3.05) is 0 Å². The minimum atomic E-state index is -1.02. The minimum absolute atomic E-state index is 0. The standard InChI is InChI=1S/C19H21N3O3.CH4/c1-13(20)17(19(24)22-25)21-18(23)16-11-9-15(10-12-16)8-7-14-5-3-2-4-6-14;/h2-13,17,25H,20H2,1H3,(H,21,23)(H,22,24);1H4/t13-,17+;/m1./s1. The van der Waals surface area contributed by atoms with Crippen LogP contribution in [-0.4, -0.2) is 29.1 Å². The van der Waals surface area contributed by atoms with E-state index in [0.717, 1.165) is 11.1 Å². The van der Waals surface area contributed by atoms with E-state index in [1.807, 2.05) is 42.5 Å². The lowest BCUT2D eigenvalue weighted by atomic mass is 10.1. The molecule has 0 aliphatic rings. The summed E-state index contributed by atoms with van der Waals surface area (Å²) < 4.78 is 0. The van der Waals surface area contributed by atoms with Crippen molar-refractivity contribution in [2.24, 2.45) is 5.73 Å². The zero-order valence-electron chi connectivity index (χ0n) is 13.8. The molecule has 6 heteroatoms. The molecule has 138 valence electrons. The van der Waals surface area contributed by atoms with Crippen LogP contribution < -0.4 is 16.5 Å². The summed E-state index contributed by atoms with van der Waals surface area (Å²) >= 11 is 0. The van der Waals surface area contributed by atoms with Crippen LogP contribution in [0.15, 0.2) is 54.6 Å². The lowest BCUT2D eigenvalue weighted by Gasteiger charge is -2.20. The summed E-state index contributed by atoms with van der Waals surface area (Å²) in [6, 6.07) is 15.1. The van der Waals surface area contributed by atoms with Gasteiger partial charge in [-0.2, -0.15) is 0 Å². The second-order valence-electron chi connectivity index (χ2n) is 5.65. The summed E-state index contributed by atoms with van der Waals surface area (Å²) in [6.45, 7) is 1.57. The van der Waals surface area contributed by atoms with E-state index < -0.39 is 23.9 Å². The Morgan fingerprint density at radius 1 is 1.00 bits per heavy atom. The van der Waals surface area contributed by atoms with Gasteiger partial charge in [0.05, 0.1) is 0 Å². The van der Waals surface area contributed by atoms with Crippen molar-refractivity contribution in [2.45, 2.75) is 26.4 Å². The van der Waals surface area contributed by atoms with Gasteiger partial charge in [-0.15, -0.1) is 0 Å². The van der Waals surface area contributed by atoms with Gasteiger partial charge in [0.25, 0.3) is 11.8 Å². The molecule has 2 rings (SSSR count). The summed E-state index contributed by atoms with van der Waals surface area (Å²) in [6.07, 6.45) is 3.92. The van der Waals surface area contributed by atoms with Gasteiger partial charge in [-0.25, -0.2) is 5.48 Å². The summed E-state index contributed by atoms with van der Waals surface area (Å²) in [5, 5.41) is 11.2. The number of nitrogens with one attached hydrogen (secondary N) is 2. The maximum atomic E-state index is 12.2. The molecule has 26 heavy (non-hydrogen) atoms. The zero-order valence-corrected chi connectivity index (χ0v) is 13.8. The highest BCUT2D eigenvalue weighted by Gasteiger charge is 2.24. The van der Waals surface area contributed by atoms with Crippen molar-refractivity contribution >= 4 is 24.0 Å². The van der Waals surface area contributed by atoms with Crippen LogP contribution in [0.1, 0.15) is 35.8 Å². The second-order valence-corrected chi connectivity index (χ2v) is 5.65. The number of hydrogen-bond acceptors (Lipinski definition) is 4. The van der Waals surface area contributed by atoms with Gasteiger partial charge < -0.3 is 11.1 Å².